The van der Waals surface area contributed by atoms with Crippen molar-refractivity contribution in [3.63, 3.8) is 0 Å². The Morgan fingerprint density at radius 2 is 2.00 bits per heavy atom. The van der Waals surface area contributed by atoms with Crippen LogP contribution in [-0.2, 0) is 4.79 Å². The number of fused-ring (bicyclic) bond motifs is 3. The van der Waals surface area contributed by atoms with E-state index in [4.69, 9.17) is 4.42 Å². The minimum absolute atomic E-state index is 0.0413. The molecule has 1 aliphatic rings. The number of amides is 1. The van der Waals surface area contributed by atoms with Crippen LogP contribution < -0.4 is 10.6 Å². The lowest BCUT2D eigenvalue weighted by Gasteiger charge is -2.10. The molecule has 0 unspecified atom stereocenters. The van der Waals surface area contributed by atoms with Crippen molar-refractivity contribution in [2.75, 3.05) is 11.9 Å². The Balaban J connectivity index is 1.69. The van der Waals surface area contributed by atoms with Gasteiger partial charge in [0, 0.05) is 16.5 Å². The van der Waals surface area contributed by atoms with Crippen LogP contribution in [0.5, 0.6) is 0 Å². The summed E-state index contributed by atoms with van der Waals surface area (Å²) in [5.41, 5.74) is 2.52. The van der Waals surface area contributed by atoms with Crippen LogP contribution in [0.2, 0.25) is 0 Å². The van der Waals surface area contributed by atoms with E-state index in [9.17, 15) is 4.79 Å². The molecule has 0 saturated carbocycles. The molecule has 1 fully saturated rings. The van der Waals surface area contributed by atoms with Crippen molar-refractivity contribution in [3.05, 3.63) is 42.5 Å². The van der Waals surface area contributed by atoms with Gasteiger partial charge in [0.05, 0.1) is 6.04 Å². The summed E-state index contributed by atoms with van der Waals surface area (Å²) in [6, 6.07) is 13.6. The lowest BCUT2D eigenvalue weighted by Crippen LogP contribution is -2.35. The van der Waals surface area contributed by atoms with Crippen LogP contribution in [0.25, 0.3) is 21.9 Å². The van der Waals surface area contributed by atoms with Gasteiger partial charge in [0.1, 0.15) is 11.2 Å². The van der Waals surface area contributed by atoms with Crippen LogP contribution in [0.15, 0.2) is 46.9 Å². The highest BCUT2D eigenvalue weighted by Crippen LogP contribution is 2.30. The maximum Gasteiger partial charge on any atom is 0.241 e. The Morgan fingerprint density at radius 1 is 1.14 bits per heavy atom. The van der Waals surface area contributed by atoms with Crippen molar-refractivity contribution in [1.29, 1.82) is 0 Å². The molecule has 3 aromatic rings. The van der Waals surface area contributed by atoms with Crippen LogP contribution in [0.1, 0.15) is 12.8 Å². The third-order valence-corrected chi connectivity index (χ3v) is 4.02. The number of anilines is 1. The summed E-state index contributed by atoms with van der Waals surface area (Å²) in [6.07, 6.45) is 1.96. The van der Waals surface area contributed by atoms with Crippen molar-refractivity contribution in [2.24, 2.45) is 0 Å². The third kappa shape index (κ3) is 2.17. The van der Waals surface area contributed by atoms with Crippen molar-refractivity contribution in [3.8, 4) is 0 Å². The number of hydrogen-bond acceptors (Lipinski definition) is 3. The average Bonchev–Trinajstić information content (AvgIpc) is 3.14. The van der Waals surface area contributed by atoms with E-state index in [0.717, 1.165) is 47.0 Å². The molecule has 2 heterocycles. The Morgan fingerprint density at radius 3 is 2.86 bits per heavy atom. The van der Waals surface area contributed by atoms with E-state index in [1.165, 1.54) is 0 Å². The molecule has 2 N–H and O–H groups in total. The van der Waals surface area contributed by atoms with Crippen molar-refractivity contribution in [1.82, 2.24) is 5.32 Å². The molecule has 0 spiro atoms. The Hall–Kier alpha value is -2.33. The number of carbonyl (C=O) groups is 1. The normalized spacial score (nSPS) is 18.4. The SMILES string of the molecule is O=C(Nc1ccc2oc3ccccc3c2c1)[C@@H]1CCCN1. The van der Waals surface area contributed by atoms with Crippen molar-refractivity contribution >= 4 is 33.5 Å². The molecule has 106 valence electrons. The molecule has 1 aliphatic heterocycles. The molecule has 0 bridgehead atoms. The fraction of sp³-hybridized carbons (Fsp3) is 0.235. The zero-order chi connectivity index (χ0) is 14.2. The molecule has 0 radical (unpaired) electrons. The third-order valence-electron chi connectivity index (χ3n) is 4.02. The van der Waals surface area contributed by atoms with Crippen molar-refractivity contribution in [2.45, 2.75) is 18.9 Å². The highest BCUT2D eigenvalue weighted by molar-refractivity contribution is 6.07. The minimum atomic E-state index is -0.0678. The first-order chi connectivity index (χ1) is 10.3. The zero-order valence-corrected chi connectivity index (χ0v) is 11.6. The standard InChI is InChI=1S/C17H16N2O2/c20-17(14-5-3-9-18-14)19-11-7-8-16-13(10-11)12-4-1-2-6-15(12)21-16/h1-2,4,6-8,10,14,18H,3,5,9H2,(H,19,20)/t14-/m0/s1. The molecular weight excluding hydrogens is 264 g/mol. The van der Waals surface area contributed by atoms with Gasteiger partial charge in [0.2, 0.25) is 5.91 Å². The highest BCUT2D eigenvalue weighted by atomic mass is 16.3. The second-order valence-electron chi connectivity index (χ2n) is 5.45. The summed E-state index contributed by atoms with van der Waals surface area (Å²) in [5.74, 6) is 0.0413. The molecule has 4 nitrogen and oxygen atoms in total. The van der Waals surface area contributed by atoms with Crippen LogP contribution in [-0.4, -0.2) is 18.5 Å². The summed E-state index contributed by atoms with van der Waals surface area (Å²) in [6.45, 7) is 0.920. The zero-order valence-electron chi connectivity index (χ0n) is 11.6. The molecule has 21 heavy (non-hydrogen) atoms. The van der Waals surface area contributed by atoms with Gasteiger partial charge in [-0.25, -0.2) is 0 Å². The van der Waals surface area contributed by atoms with Gasteiger partial charge in [-0.2, -0.15) is 0 Å². The molecule has 4 rings (SSSR count). The Kier molecular flexibility index (Phi) is 2.89. The topological polar surface area (TPSA) is 54.3 Å². The maximum absolute atomic E-state index is 12.2. The fourth-order valence-corrected chi connectivity index (χ4v) is 2.94. The molecule has 2 aromatic carbocycles. The van der Waals surface area contributed by atoms with E-state index >= 15 is 0 Å². The smallest absolute Gasteiger partial charge is 0.241 e. The van der Waals surface area contributed by atoms with Crippen LogP contribution in [0, 0.1) is 0 Å². The monoisotopic (exact) mass is 280 g/mol. The predicted octanol–water partition coefficient (Wildman–Crippen LogP) is 3.28. The molecule has 1 amide bonds. The lowest BCUT2D eigenvalue weighted by molar-refractivity contribution is -0.117. The van der Waals surface area contributed by atoms with Crippen LogP contribution >= 0.6 is 0 Å². The molecule has 1 atom stereocenters. The van der Waals surface area contributed by atoms with E-state index in [1.807, 2.05) is 42.5 Å². The second kappa shape index (κ2) is 4.90. The maximum atomic E-state index is 12.2. The summed E-state index contributed by atoms with van der Waals surface area (Å²) in [5, 5.41) is 8.30. The lowest BCUT2D eigenvalue weighted by atomic mass is 10.1. The first kappa shape index (κ1) is 12.4. The van der Waals surface area contributed by atoms with Gasteiger partial charge in [0.15, 0.2) is 0 Å². The fourth-order valence-electron chi connectivity index (χ4n) is 2.94. The van der Waals surface area contributed by atoms with Crippen molar-refractivity contribution < 1.29 is 9.21 Å². The van der Waals surface area contributed by atoms with Crippen LogP contribution in [0.3, 0.4) is 0 Å². The van der Waals surface area contributed by atoms with E-state index in [1.54, 1.807) is 0 Å². The number of nitrogens with one attached hydrogen (secondary N) is 2. The largest absolute Gasteiger partial charge is 0.456 e. The van der Waals surface area contributed by atoms with Gasteiger partial charge < -0.3 is 15.1 Å². The summed E-state index contributed by atoms with van der Waals surface area (Å²) < 4.78 is 5.79. The molecule has 4 heteroatoms. The van der Waals surface area contributed by atoms with Gasteiger partial charge in [-0.05, 0) is 43.7 Å². The number of carbonyl (C=O) groups excluding carboxylic acids is 1. The summed E-state index contributed by atoms with van der Waals surface area (Å²) in [4.78, 5) is 12.2. The number of rotatable bonds is 2. The minimum Gasteiger partial charge on any atom is -0.456 e. The van der Waals surface area contributed by atoms with Crippen LogP contribution in [0.4, 0.5) is 5.69 Å². The van der Waals surface area contributed by atoms with Gasteiger partial charge in [0.25, 0.3) is 0 Å². The van der Waals surface area contributed by atoms with Gasteiger partial charge in [-0.3, -0.25) is 4.79 Å². The van der Waals surface area contributed by atoms with E-state index in [-0.39, 0.29) is 11.9 Å². The Bertz CT molecular complexity index is 816. The summed E-state index contributed by atoms with van der Waals surface area (Å²) >= 11 is 0. The molecule has 1 saturated heterocycles. The molecule has 1 aromatic heterocycles. The number of benzene rings is 2. The van der Waals surface area contributed by atoms with E-state index in [2.05, 4.69) is 10.6 Å². The number of furan rings is 1. The van der Waals surface area contributed by atoms with Gasteiger partial charge in [-0.1, -0.05) is 18.2 Å². The predicted molar refractivity (Wildman–Crippen MR) is 83.4 cm³/mol. The average molecular weight is 280 g/mol. The number of para-hydroxylation sites is 1. The van der Waals surface area contributed by atoms with Gasteiger partial charge >= 0.3 is 0 Å². The van der Waals surface area contributed by atoms with Gasteiger partial charge in [-0.15, -0.1) is 0 Å². The number of hydrogen-bond donors (Lipinski definition) is 2. The highest BCUT2D eigenvalue weighted by Gasteiger charge is 2.22. The second-order valence-corrected chi connectivity index (χ2v) is 5.45. The molecule has 0 aliphatic carbocycles. The first-order valence-corrected chi connectivity index (χ1v) is 7.27. The van der Waals surface area contributed by atoms with E-state index in [0.29, 0.717) is 0 Å². The van der Waals surface area contributed by atoms with E-state index < -0.39 is 0 Å². The summed E-state index contributed by atoms with van der Waals surface area (Å²) in [7, 11) is 0. The first-order valence-electron chi connectivity index (χ1n) is 7.27. The molecular formula is C17H16N2O2. The Labute approximate surface area is 122 Å². The quantitative estimate of drug-likeness (QED) is 0.757.